The molecule has 0 aliphatic rings. The first-order chi connectivity index (χ1) is 11.6. The third-order valence-corrected chi connectivity index (χ3v) is 4.68. The summed E-state index contributed by atoms with van der Waals surface area (Å²) in [6.07, 6.45) is 0. The zero-order valence-electron chi connectivity index (χ0n) is 13.8. The molecule has 5 nitrogen and oxygen atoms in total. The molecule has 1 aromatic carbocycles. The van der Waals surface area contributed by atoms with Gasteiger partial charge in [-0.1, -0.05) is 12.1 Å². The van der Waals surface area contributed by atoms with Crippen molar-refractivity contribution < 1.29 is 0 Å². The van der Waals surface area contributed by atoms with E-state index in [1.165, 1.54) is 4.70 Å². The maximum absolute atomic E-state index is 4.73. The average molecular weight is 335 g/mol. The van der Waals surface area contributed by atoms with E-state index in [0.29, 0.717) is 0 Å². The zero-order chi connectivity index (χ0) is 16.7. The highest BCUT2D eigenvalue weighted by Gasteiger charge is 2.14. The second-order valence-corrected chi connectivity index (χ2v) is 6.75. The highest BCUT2D eigenvalue weighted by atomic mass is 32.1. The van der Waals surface area contributed by atoms with Crippen LogP contribution in [0.1, 0.15) is 5.69 Å². The van der Waals surface area contributed by atoms with E-state index in [0.717, 1.165) is 34.1 Å². The van der Waals surface area contributed by atoms with Gasteiger partial charge in [-0.2, -0.15) is 0 Å². The van der Waals surface area contributed by atoms with Crippen molar-refractivity contribution in [2.75, 3.05) is 19.0 Å². The fourth-order valence-corrected chi connectivity index (χ4v) is 3.29. The summed E-state index contributed by atoms with van der Waals surface area (Å²) in [5.74, 6) is 1.71. The topological polar surface area (TPSA) is 46.8 Å². The predicted molar refractivity (Wildman–Crippen MR) is 99.0 cm³/mol. The van der Waals surface area contributed by atoms with Crippen LogP contribution >= 0.6 is 11.3 Å². The molecule has 0 aliphatic carbocycles. The lowest BCUT2D eigenvalue weighted by atomic mass is 10.1. The molecule has 0 amide bonds. The molecule has 3 heterocycles. The first-order valence-corrected chi connectivity index (χ1v) is 8.55. The van der Waals surface area contributed by atoms with Gasteiger partial charge in [-0.15, -0.1) is 16.4 Å². The molecule has 0 bridgehead atoms. The molecule has 0 radical (unpaired) electrons. The van der Waals surface area contributed by atoms with Gasteiger partial charge in [0.15, 0.2) is 11.6 Å². The van der Waals surface area contributed by atoms with Crippen molar-refractivity contribution in [3.8, 4) is 17.1 Å². The van der Waals surface area contributed by atoms with Gasteiger partial charge >= 0.3 is 0 Å². The van der Waals surface area contributed by atoms with Gasteiger partial charge in [0.05, 0.1) is 21.4 Å². The van der Waals surface area contributed by atoms with Crippen LogP contribution < -0.4 is 4.90 Å². The number of anilines is 1. The SMILES string of the molecule is Cc1cccc(-n2nc(N(C)C)cc2-c2ccc3scnc3c2)n1. The minimum Gasteiger partial charge on any atom is -0.361 e. The van der Waals surface area contributed by atoms with Crippen molar-refractivity contribution >= 4 is 27.4 Å². The maximum atomic E-state index is 4.73. The Morgan fingerprint density at radius 2 is 1.96 bits per heavy atom. The van der Waals surface area contributed by atoms with Gasteiger partial charge in [-0.3, -0.25) is 0 Å². The van der Waals surface area contributed by atoms with Crippen LogP contribution in [0.2, 0.25) is 0 Å². The van der Waals surface area contributed by atoms with Gasteiger partial charge in [-0.25, -0.2) is 14.6 Å². The molecule has 0 spiro atoms. The van der Waals surface area contributed by atoms with Crippen LogP contribution in [0.4, 0.5) is 5.82 Å². The lowest BCUT2D eigenvalue weighted by Crippen LogP contribution is -2.10. The number of aromatic nitrogens is 4. The smallest absolute Gasteiger partial charge is 0.154 e. The van der Waals surface area contributed by atoms with Gasteiger partial charge in [0.25, 0.3) is 0 Å². The Labute approximate surface area is 144 Å². The van der Waals surface area contributed by atoms with E-state index in [9.17, 15) is 0 Å². The monoisotopic (exact) mass is 335 g/mol. The third kappa shape index (κ3) is 2.55. The highest BCUT2D eigenvalue weighted by Crippen LogP contribution is 2.29. The van der Waals surface area contributed by atoms with Crippen molar-refractivity contribution in [3.05, 3.63) is 53.7 Å². The Kier molecular flexibility index (Phi) is 3.54. The van der Waals surface area contributed by atoms with Crippen molar-refractivity contribution in [1.82, 2.24) is 19.7 Å². The number of thiazole rings is 1. The minimum atomic E-state index is 0.816. The standard InChI is InChI=1S/C18H17N5S/c1-12-5-4-6-17(20-12)23-15(10-18(21-23)22(2)3)13-7-8-16-14(9-13)19-11-24-16/h4-11H,1-3H3. The van der Waals surface area contributed by atoms with Crippen LogP contribution in [0.5, 0.6) is 0 Å². The van der Waals surface area contributed by atoms with Gasteiger partial charge in [0, 0.05) is 31.4 Å². The molecule has 0 unspecified atom stereocenters. The Balaban J connectivity index is 1.92. The zero-order valence-corrected chi connectivity index (χ0v) is 14.6. The molecule has 120 valence electrons. The van der Waals surface area contributed by atoms with Gasteiger partial charge < -0.3 is 4.90 Å². The Morgan fingerprint density at radius 3 is 2.75 bits per heavy atom. The second-order valence-electron chi connectivity index (χ2n) is 5.87. The molecule has 24 heavy (non-hydrogen) atoms. The summed E-state index contributed by atoms with van der Waals surface area (Å²) in [5.41, 5.74) is 5.94. The van der Waals surface area contributed by atoms with E-state index in [1.54, 1.807) is 11.3 Å². The van der Waals surface area contributed by atoms with Crippen molar-refractivity contribution in [2.45, 2.75) is 6.92 Å². The molecule has 3 aromatic heterocycles. The number of nitrogens with zero attached hydrogens (tertiary/aromatic N) is 5. The normalized spacial score (nSPS) is 11.1. The molecule has 0 saturated carbocycles. The summed E-state index contributed by atoms with van der Waals surface area (Å²) in [4.78, 5) is 11.0. The van der Waals surface area contributed by atoms with Crippen molar-refractivity contribution in [3.63, 3.8) is 0 Å². The lowest BCUT2D eigenvalue weighted by Gasteiger charge is -2.08. The van der Waals surface area contributed by atoms with Crippen molar-refractivity contribution in [2.24, 2.45) is 0 Å². The first kappa shape index (κ1) is 14.8. The quantitative estimate of drug-likeness (QED) is 0.569. The summed E-state index contributed by atoms with van der Waals surface area (Å²) in [7, 11) is 3.98. The van der Waals surface area contributed by atoms with Crippen molar-refractivity contribution in [1.29, 1.82) is 0 Å². The number of hydrogen-bond donors (Lipinski definition) is 0. The largest absolute Gasteiger partial charge is 0.361 e. The number of rotatable bonds is 3. The highest BCUT2D eigenvalue weighted by molar-refractivity contribution is 7.16. The molecular formula is C18H17N5S. The van der Waals surface area contributed by atoms with Gasteiger partial charge in [-0.05, 0) is 31.2 Å². The van der Waals surface area contributed by atoms with Crippen LogP contribution in [0.3, 0.4) is 0 Å². The minimum absolute atomic E-state index is 0.816. The number of fused-ring (bicyclic) bond motifs is 1. The number of hydrogen-bond acceptors (Lipinski definition) is 5. The van der Waals surface area contributed by atoms with Crippen LogP contribution in [0.25, 0.3) is 27.3 Å². The summed E-state index contributed by atoms with van der Waals surface area (Å²) < 4.78 is 3.09. The van der Waals surface area contributed by atoms with Crippen LogP contribution in [-0.2, 0) is 0 Å². The summed E-state index contributed by atoms with van der Waals surface area (Å²) in [6.45, 7) is 1.99. The Hall–Kier alpha value is -2.73. The van der Waals surface area contributed by atoms with E-state index in [1.807, 2.05) is 54.3 Å². The van der Waals surface area contributed by atoms with Crippen LogP contribution in [0, 0.1) is 6.92 Å². The summed E-state index contributed by atoms with van der Waals surface area (Å²) >= 11 is 1.65. The first-order valence-electron chi connectivity index (χ1n) is 7.67. The Bertz CT molecular complexity index is 1020. The molecule has 0 fully saturated rings. The number of benzene rings is 1. The molecular weight excluding hydrogens is 318 g/mol. The van der Waals surface area contributed by atoms with E-state index in [2.05, 4.69) is 34.2 Å². The molecule has 0 aliphatic heterocycles. The van der Waals surface area contributed by atoms with E-state index >= 15 is 0 Å². The molecule has 4 rings (SSSR count). The Morgan fingerprint density at radius 1 is 1.08 bits per heavy atom. The second kappa shape index (κ2) is 5.72. The van der Waals surface area contributed by atoms with Crippen LogP contribution in [0.15, 0.2) is 48.0 Å². The summed E-state index contributed by atoms with van der Waals surface area (Å²) in [6, 6.07) is 14.4. The number of aryl methyl sites for hydroxylation is 1. The van der Waals surface area contributed by atoms with E-state index in [4.69, 9.17) is 5.10 Å². The fourth-order valence-electron chi connectivity index (χ4n) is 2.63. The molecule has 4 aromatic rings. The average Bonchev–Trinajstić information content (AvgIpc) is 3.21. The van der Waals surface area contributed by atoms with Gasteiger partial charge in [0.1, 0.15) is 0 Å². The van der Waals surface area contributed by atoms with E-state index in [-0.39, 0.29) is 0 Å². The number of pyridine rings is 1. The van der Waals surface area contributed by atoms with E-state index < -0.39 is 0 Å². The third-order valence-electron chi connectivity index (χ3n) is 3.87. The fraction of sp³-hybridized carbons (Fsp3) is 0.167. The molecule has 6 heteroatoms. The lowest BCUT2D eigenvalue weighted by molar-refractivity contribution is 0.837. The maximum Gasteiger partial charge on any atom is 0.154 e. The predicted octanol–water partition coefficient (Wildman–Crippen LogP) is 3.92. The van der Waals surface area contributed by atoms with Gasteiger partial charge in [0.2, 0.25) is 0 Å². The summed E-state index contributed by atoms with van der Waals surface area (Å²) in [5, 5.41) is 4.73. The molecule has 0 atom stereocenters. The molecule has 0 N–H and O–H groups in total. The molecule has 0 saturated heterocycles. The van der Waals surface area contributed by atoms with Crippen LogP contribution in [-0.4, -0.2) is 33.8 Å².